The number of ether oxygens (including phenoxy) is 1. The zero-order chi connectivity index (χ0) is 12.8. The molecule has 1 saturated heterocycles. The van der Waals surface area contributed by atoms with E-state index in [-0.39, 0.29) is 0 Å². The predicted octanol–water partition coefficient (Wildman–Crippen LogP) is 1.28. The van der Waals surface area contributed by atoms with Gasteiger partial charge in [0.05, 0.1) is 18.9 Å². The highest BCUT2D eigenvalue weighted by atomic mass is 16.5. The third kappa shape index (κ3) is 4.05. The van der Waals surface area contributed by atoms with Gasteiger partial charge in [0.1, 0.15) is 0 Å². The molecule has 1 atom stereocenters. The molecular formula is C14H23N3O. The summed E-state index contributed by atoms with van der Waals surface area (Å²) in [5.74, 6) is 0. The van der Waals surface area contributed by atoms with E-state index in [0.29, 0.717) is 12.1 Å². The van der Waals surface area contributed by atoms with Crippen LogP contribution in [0.25, 0.3) is 0 Å². The summed E-state index contributed by atoms with van der Waals surface area (Å²) in [5.41, 5.74) is 1.13. The molecule has 0 amide bonds. The number of nitrogens with zero attached hydrogens (tertiary/aromatic N) is 2. The van der Waals surface area contributed by atoms with Gasteiger partial charge in [-0.25, -0.2) is 0 Å². The highest BCUT2D eigenvalue weighted by molar-refractivity contribution is 5.03. The molecule has 1 unspecified atom stereocenters. The Morgan fingerprint density at radius 3 is 3.11 bits per heavy atom. The fourth-order valence-electron chi connectivity index (χ4n) is 2.16. The van der Waals surface area contributed by atoms with Crippen molar-refractivity contribution in [1.29, 1.82) is 0 Å². The van der Waals surface area contributed by atoms with Gasteiger partial charge in [0.15, 0.2) is 0 Å². The number of hydrogen-bond acceptors (Lipinski definition) is 4. The minimum Gasteiger partial charge on any atom is -0.378 e. The van der Waals surface area contributed by atoms with Crippen LogP contribution in [0.3, 0.4) is 0 Å². The van der Waals surface area contributed by atoms with E-state index >= 15 is 0 Å². The molecule has 18 heavy (non-hydrogen) atoms. The first-order valence-electron chi connectivity index (χ1n) is 6.71. The lowest BCUT2D eigenvalue weighted by atomic mass is 10.2. The maximum Gasteiger partial charge on any atom is 0.0635 e. The fourth-order valence-corrected chi connectivity index (χ4v) is 2.16. The third-order valence-electron chi connectivity index (χ3n) is 3.20. The second-order valence-electron chi connectivity index (χ2n) is 5.08. The van der Waals surface area contributed by atoms with Gasteiger partial charge in [-0.3, -0.25) is 9.88 Å². The van der Waals surface area contributed by atoms with E-state index in [2.05, 4.69) is 35.1 Å². The molecule has 1 aromatic rings. The SMILES string of the molecule is CC(C)NCC1COCCN1Cc1ccccn1. The van der Waals surface area contributed by atoms with Crippen LogP contribution in [0.15, 0.2) is 24.4 Å². The highest BCUT2D eigenvalue weighted by Crippen LogP contribution is 2.10. The summed E-state index contributed by atoms with van der Waals surface area (Å²) in [6.07, 6.45) is 1.86. The predicted molar refractivity (Wildman–Crippen MR) is 72.4 cm³/mol. The van der Waals surface area contributed by atoms with Crippen LogP contribution in [0.1, 0.15) is 19.5 Å². The summed E-state index contributed by atoms with van der Waals surface area (Å²) in [6.45, 7) is 8.86. The second-order valence-corrected chi connectivity index (χ2v) is 5.08. The molecule has 4 nitrogen and oxygen atoms in total. The van der Waals surface area contributed by atoms with Crippen LogP contribution in [-0.2, 0) is 11.3 Å². The Labute approximate surface area is 109 Å². The van der Waals surface area contributed by atoms with Crippen molar-refractivity contribution in [1.82, 2.24) is 15.2 Å². The number of hydrogen-bond donors (Lipinski definition) is 1. The molecule has 1 N–H and O–H groups in total. The topological polar surface area (TPSA) is 37.4 Å². The van der Waals surface area contributed by atoms with E-state index in [1.165, 1.54) is 0 Å². The summed E-state index contributed by atoms with van der Waals surface area (Å²) in [5, 5.41) is 3.49. The Morgan fingerprint density at radius 1 is 1.50 bits per heavy atom. The fraction of sp³-hybridized carbons (Fsp3) is 0.643. The molecule has 0 aliphatic carbocycles. The van der Waals surface area contributed by atoms with Gasteiger partial charge in [-0.2, -0.15) is 0 Å². The van der Waals surface area contributed by atoms with E-state index in [1.54, 1.807) is 0 Å². The first-order chi connectivity index (χ1) is 8.75. The van der Waals surface area contributed by atoms with Crippen molar-refractivity contribution < 1.29 is 4.74 Å². The van der Waals surface area contributed by atoms with Crippen LogP contribution in [-0.4, -0.2) is 48.3 Å². The molecule has 1 fully saturated rings. The monoisotopic (exact) mass is 249 g/mol. The van der Waals surface area contributed by atoms with Crippen LogP contribution in [0, 0.1) is 0 Å². The summed E-state index contributed by atoms with van der Waals surface area (Å²) in [4.78, 5) is 6.86. The number of aromatic nitrogens is 1. The maximum atomic E-state index is 5.58. The van der Waals surface area contributed by atoms with Crippen LogP contribution in [0.5, 0.6) is 0 Å². The minimum atomic E-state index is 0.447. The van der Waals surface area contributed by atoms with Crippen LogP contribution in [0.4, 0.5) is 0 Å². The first-order valence-corrected chi connectivity index (χ1v) is 6.71. The largest absolute Gasteiger partial charge is 0.378 e. The Morgan fingerprint density at radius 2 is 2.39 bits per heavy atom. The van der Waals surface area contributed by atoms with Gasteiger partial charge >= 0.3 is 0 Å². The molecule has 0 saturated carbocycles. The molecule has 0 radical (unpaired) electrons. The molecule has 2 rings (SSSR count). The van der Waals surface area contributed by atoms with E-state index in [1.807, 2.05) is 18.3 Å². The Kier molecular flexibility index (Phi) is 5.11. The lowest BCUT2D eigenvalue weighted by Gasteiger charge is -2.35. The minimum absolute atomic E-state index is 0.447. The van der Waals surface area contributed by atoms with E-state index in [9.17, 15) is 0 Å². The average molecular weight is 249 g/mol. The van der Waals surface area contributed by atoms with Gasteiger partial charge < -0.3 is 10.1 Å². The smallest absolute Gasteiger partial charge is 0.0635 e. The van der Waals surface area contributed by atoms with Crippen LogP contribution < -0.4 is 5.32 Å². The molecule has 0 bridgehead atoms. The van der Waals surface area contributed by atoms with E-state index in [4.69, 9.17) is 4.74 Å². The molecule has 1 aliphatic rings. The first kappa shape index (κ1) is 13.5. The number of nitrogens with one attached hydrogen (secondary N) is 1. The van der Waals surface area contributed by atoms with Crippen molar-refractivity contribution in [3.63, 3.8) is 0 Å². The zero-order valence-corrected chi connectivity index (χ0v) is 11.3. The van der Waals surface area contributed by atoms with Crippen molar-refractivity contribution in [2.75, 3.05) is 26.3 Å². The molecular weight excluding hydrogens is 226 g/mol. The van der Waals surface area contributed by atoms with E-state index < -0.39 is 0 Å². The Bertz CT molecular complexity index is 342. The van der Waals surface area contributed by atoms with Crippen molar-refractivity contribution >= 4 is 0 Å². The van der Waals surface area contributed by atoms with Crippen molar-refractivity contribution in [2.24, 2.45) is 0 Å². The Balaban J connectivity index is 1.91. The molecule has 0 aromatic carbocycles. The van der Waals surface area contributed by atoms with E-state index in [0.717, 1.165) is 38.5 Å². The zero-order valence-electron chi connectivity index (χ0n) is 11.3. The normalized spacial score (nSPS) is 21.4. The molecule has 4 heteroatoms. The summed E-state index contributed by atoms with van der Waals surface area (Å²) in [7, 11) is 0. The van der Waals surface area contributed by atoms with Gasteiger partial charge in [-0.05, 0) is 12.1 Å². The number of morpholine rings is 1. The molecule has 1 aromatic heterocycles. The highest BCUT2D eigenvalue weighted by Gasteiger charge is 2.23. The standard InChI is InChI=1S/C14H23N3O/c1-12(2)16-9-14-11-18-8-7-17(14)10-13-5-3-4-6-15-13/h3-6,12,14,16H,7-11H2,1-2H3. The number of rotatable bonds is 5. The summed E-state index contributed by atoms with van der Waals surface area (Å²) >= 11 is 0. The van der Waals surface area contributed by atoms with Crippen molar-refractivity contribution in [2.45, 2.75) is 32.5 Å². The van der Waals surface area contributed by atoms with Gasteiger partial charge in [-0.15, -0.1) is 0 Å². The quantitative estimate of drug-likeness (QED) is 0.853. The van der Waals surface area contributed by atoms with Crippen LogP contribution >= 0.6 is 0 Å². The van der Waals surface area contributed by atoms with Gasteiger partial charge in [0.2, 0.25) is 0 Å². The number of pyridine rings is 1. The maximum absolute atomic E-state index is 5.58. The molecule has 100 valence electrons. The third-order valence-corrected chi connectivity index (χ3v) is 3.20. The second kappa shape index (κ2) is 6.83. The lowest BCUT2D eigenvalue weighted by Crippen LogP contribution is -2.50. The molecule has 0 spiro atoms. The lowest BCUT2D eigenvalue weighted by molar-refractivity contribution is -0.0120. The van der Waals surface area contributed by atoms with Gasteiger partial charge in [0.25, 0.3) is 0 Å². The van der Waals surface area contributed by atoms with Crippen molar-refractivity contribution in [3.05, 3.63) is 30.1 Å². The Hall–Kier alpha value is -0.970. The van der Waals surface area contributed by atoms with Crippen molar-refractivity contribution in [3.8, 4) is 0 Å². The molecule has 2 heterocycles. The van der Waals surface area contributed by atoms with Gasteiger partial charge in [-0.1, -0.05) is 19.9 Å². The van der Waals surface area contributed by atoms with Crippen LogP contribution in [0.2, 0.25) is 0 Å². The summed E-state index contributed by atoms with van der Waals surface area (Å²) in [6, 6.07) is 7.06. The van der Waals surface area contributed by atoms with Gasteiger partial charge in [0, 0.05) is 37.9 Å². The molecule has 1 aliphatic heterocycles. The average Bonchev–Trinajstić information content (AvgIpc) is 2.39. The summed E-state index contributed by atoms with van der Waals surface area (Å²) < 4.78 is 5.58.